The lowest BCUT2D eigenvalue weighted by Gasteiger charge is -2.31. The van der Waals surface area contributed by atoms with Crippen molar-refractivity contribution in [1.29, 1.82) is 0 Å². The van der Waals surface area contributed by atoms with E-state index >= 15 is 0 Å². The summed E-state index contributed by atoms with van der Waals surface area (Å²) in [6.45, 7) is 3.63. The summed E-state index contributed by atoms with van der Waals surface area (Å²) in [5.41, 5.74) is 1.29. The van der Waals surface area contributed by atoms with Gasteiger partial charge in [-0.15, -0.1) is 0 Å². The number of nitrogens with one attached hydrogen (secondary N) is 1. The molecule has 0 spiro atoms. The zero-order chi connectivity index (χ0) is 13.5. The topological polar surface area (TPSA) is 35.5 Å². The maximum Gasteiger partial charge on any atom is 0.0587 e. The van der Waals surface area contributed by atoms with Crippen molar-refractivity contribution in [2.45, 2.75) is 25.3 Å². The SMILES string of the molecule is CN1CCCC(CN[C@H](CO)Cc2ccccc2)C1. The molecule has 1 saturated heterocycles. The van der Waals surface area contributed by atoms with Gasteiger partial charge in [-0.2, -0.15) is 0 Å². The number of likely N-dealkylation sites (tertiary alicyclic amines) is 1. The maximum atomic E-state index is 9.50. The minimum absolute atomic E-state index is 0.176. The Kier molecular flexibility index (Phi) is 5.83. The molecule has 0 saturated carbocycles. The van der Waals surface area contributed by atoms with Crippen LogP contribution in [0.4, 0.5) is 0 Å². The Balaban J connectivity index is 1.76. The monoisotopic (exact) mass is 262 g/mol. The molecule has 1 aromatic carbocycles. The lowest BCUT2D eigenvalue weighted by atomic mass is 9.97. The number of hydrogen-bond acceptors (Lipinski definition) is 3. The predicted molar refractivity (Wildman–Crippen MR) is 79.2 cm³/mol. The quantitative estimate of drug-likeness (QED) is 0.816. The standard InChI is InChI=1S/C16H26N2O/c1-18-9-5-8-15(12-18)11-17-16(13-19)10-14-6-3-2-4-7-14/h2-4,6-7,15-17,19H,5,8-13H2,1H3/t15?,16-/m0/s1. The van der Waals surface area contributed by atoms with Crippen molar-refractivity contribution in [3.05, 3.63) is 35.9 Å². The normalized spacial score (nSPS) is 22.3. The van der Waals surface area contributed by atoms with Crippen molar-refractivity contribution in [3.63, 3.8) is 0 Å². The zero-order valence-corrected chi connectivity index (χ0v) is 11.9. The van der Waals surface area contributed by atoms with Gasteiger partial charge in [-0.1, -0.05) is 30.3 Å². The van der Waals surface area contributed by atoms with Gasteiger partial charge in [0, 0.05) is 12.6 Å². The second-order valence-corrected chi connectivity index (χ2v) is 5.75. The fourth-order valence-electron chi connectivity index (χ4n) is 2.87. The Morgan fingerprint density at radius 1 is 1.37 bits per heavy atom. The molecule has 1 aliphatic heterocycles. The lowest BCUT2D eigenvalue weighted by Crippen LogP contribution is -2.42. The molecule has 1 heterocycles. The van der Waals surface area contributed by atoms with E-state index < -0.39 is 0 Å². The molecule has 1 aromatic rings. The molecular formula is C16H26N2O. The molecule has 19 heavy (non-hydrogen) atoms. The smallest absolute Gasteiger partial charge is 0.0587 e. The number of aliphatic hydroxyl groups is 1. The molecular weight excluding hydrogens is 236 g/mol. The average molecular weight is 262 g/mol. The molecule has 3 nitrogen and oxygen atoms in total. The second kappa shape index (κ2) is 7.63. The van der Waals surface area contributed by atoms with Crippen LogP contribution in [0.3, 0.4) is 0 Å². The molecule has 1 unspecified atom stereocenters. The van der Waals surface area contributed by atoms with E-state index in [0.29, 0.717) is 0 Å². The van der Waals surface area contributed by atoms with Crippen molar-refractivity contribution in [1.82, 2.24) is 10.2 Å². The number of piperidine rings is 1. The maximum absolute atomic E-state index is 9.50. The fourth-order valence-corrected chi connectivity index (χ4v) is 2.87. The van der Waals surface area contributed by atoms with Crippen LogP contribution in [0.25, 0.3) is 0 Å². The van der Waals surface area contributed by atoms with E-state index in [4.69, 9.17) is 0 Å². The Labute approximate surface area is 116 Å². The number of aliphatic hydroxyl groups excluding tert-OH is 1. The first kappa shape index (κ1) is 14.5. The predicted octanol–water partition coefficient (Wildman–Crippen LogP) is 1.52. The molecule has 106 valence electrons. The first-order valence-electron chi connectivity index (χ1n) is 7.34. The summed E-state index contributed by atoms with van der Waals surface area (Å²) < 4.78 is 0. The van der Waals surface area contributed by atoms with E-state index in [1.807, 2.05) is 6.07 Å². The van der Waals surface area contributed by atoms with Crippen molar-refractivity contribution < 1.29 is 5.11 Å². The molecule has 1 fully saturated rings. The summed E-state index contributed by atoms with van der Waals surface area (Å²) in [4.78, 5) is 2.40. The number of benzene rings is 1. The Bertz CT molecular complexity index is 355. The summed E-state index contributed by atoms with van der Waals surface area (Å²) in [6, 6.07) is 10.6. The van der Waals surface area contributed by atoms with Gasteiger partial charge in [0.05, 0.1) is 6.61 Å². The third-order valence-corrected chi connectivity index (χ3v) is 3.96. The van der Waals surface area contributed by atoms with E-state index in [-0.39, 0.29) is 12.6 Å². The summed E-state index contributed by atoms with van der Waals surface area (Å²) >= 11 is 0. The summed E-state index contributed by atoms with van der Waals surface area (Å²) in [7, 11) is 2.19. The number of rotatable bonds is 6. The van der Waals surface area contributed by atoms with Crippen LogP contribution in [-0.2, 0) is 6.42 Å². The minimum Gasteiger partial charge on any atom is -0.395 e. The van der Waals surface area contributed by atoms with E-state index in [9.17, 15) is 5.11 Å². The largest absolute Gasteiger partial charge is 0.395 e. The van der Waals surface area contributed by atoms with Crippen molar-refractivity contribution in [2.24, 2.45) is 5.92 Å². The molecule has 2 rings (SSSR count). The van der Waals surface area contributed by atoms with Crippen LogP contribution in [0.1, 0.15) is 18.4 Å². The summed E-state index contributed by atoms with van der Waals surface area (Å²) in [5.74, 6) is 0.726. The van der Waals surface area contributed by atoms with E-state index in [1.165, 1.54) is 31.5 Å². The summed E-state index contributed by atoms with van der Waals surface area (Å²) in [5, 5.41) is 13.0. The fraction of sp³-hybridized carbons (Fsp3) is 0.625. The van der Waals surface area contributed by atoms with Gasteiger partial charge in [-0.05, 0) is 50.9 Å². The first-order valence-corrected chi connectivity index (χ1v) is 7.34. The Morgan fingerprint density at radius 3 is 2.84 bits per heavy atom. The number of nitrogens with zero attached hydrogens (tertiary/aromatic N) is 1. The molecule has 3 heteroatoms. The van der Waals surface area contributed by atoms with Crippen molar-refractivity contribution in [2.75, 3.05) is 33.3 Å². The van der Waals surface area contributed by atoms with E-state index in [1.54, 1.807) is 0 Å². The highest BCUT2D eigenvalue weighted by Crippen LogP contribution is 2.14. The van der Waals surface area contributed by atoms with Gasteiger partial charge in [0.25, 0.3) is 0 Å². The minimum atomic E-state index is 0.176. The van der Waals surface area contributed by atoms with Crippen LogP contribution in [0.2, 0.25) is 0 Å². The first-order chi connectivity index (χ1) is 9.28. The second-order valence-electron chi connectivity index (χ2n) is 5.75. The zero-order valence-electron chi connectivity index (χ0n) is 11.9. The third kappa shape index (κ3) is 4.94. The van der Waals surface area contributed by atoms with Gasteiger partial charge in [0.15, 0.2) is 0 Å². The molecule has 2 atom stereocenters. The number of hydrogen-bond donors (Lipinski definition) is 2. The van der Waals surface area contributed by atoms with Crippen LogP contribution in [-0.4, -0.2) is 49.3 Å². The van der Waals surface area contributed by atoms with Gasteiger partial charge in [0.1, 0.15) is 0 Å². The van der Waals surface area contributed by atoms with Crippen molar-refractivity contribution >= 4 is 0 Å². The van der Waals surface area contributed by atoms with Crippen LogP contribution in [0.5, 0.6) is 0 Å². The molecule has 0 aromatic heterocycles. The highest BCUT2D eigenvalue weighted by Gasteiger charge is 2.18. The molecule has 0 bridgehead atoms. The Hall–Kier alpha value is -0.900. The average Bonchev–Trinajstić information content (AvgIpc) is 2.44. The highest BCUT2D eigenvalue weighted by molar-refractivity contribution is 5.15. The Morgan fingerprint density at radius 2 is 2.16 bits per heavy atom. The van der Waals surface area contributed by atoms with E-state index in [2.05, 4.69) is 41.5 Å². The molecule has 0 aliphatic carbocycles. The van der Waals surface area contributed by atoms with Crippen LogP contribution < -0.4 is 5.32 Å². The van der Waals surface area contributed by atoms with Crippen LogP contribution >= 0.6 is 0 Å². The molecule has 0 radical (unpaired) electrons. The highest BCUT2D eigenvalue weighted by atomic mass is 16.3. The van der Waals surface area contributed by atoms with E-state index in [0.717, 1.165) is 18.9 Å². The summed E-state index contributed by atoms with van der Waals surface area (Å²) in [6.07, 6.45) is 3.51. The molecule has 1 aliphatic rings. The van der Waals surface area contributed by atoms with Crippen molar-refractivity contribution in [3.8, 4) is 0 Å². The van der Waals surface area contributed by atoms with Crippen LogP contribution in [0, 0.1) is 5.92 Å². The molecule has 2 N–H and O–H groups in total. The van der Waals surface area contributed by atoms with Gasteiger partial charge >= 0.3 is 0 Å². The van der Waals surface area contributed by atoms with Gasteiger partial charge in [-0.3, -0.25) is 0 Å². The molecule has 0 amide bonds. The lowest BCUT2D eigenvalue weighted by molar-refractivity contribution is 0.189. The van der Waals surface area contributed by atoms with Gasteiger partial charge in [0.2, 0.25) is 0 Å². The third-order valence-electron chi connectivity index (χ3n) is 3.96. The van der Waals surface area contributed by atoms with Gasteiger partial charge in [-0.25, -0.2) is 0 Å². The van der Waals surface area contributed by atoms with Crippen LogP contribution in [0.15, 0.2) is 30.3 Å². The van der Waals surface area contributed by atoms with Gasteiger partial charge < -0.3 is 15.3 Å².